The summed E-state index contributed by atoms with van der Waals surface area (Å²) in [4.78, 5) is 41.3. The van der Waals surface area contributed by atoms with Crippen LogP contribution in [0.1, 0.15) is 31.4 Å². The predicted molar refractivity (Wildman–Crippen MR) is 111 cm³/mol. The molecule has 0 bridgehead atoms. The number of carbonyl (C=O) groups excluding carboxylic acids is 3. The summed E-state index contributed by atoms with van der Waals surface area (Å²) in [5.74, 6) is -0.500. The number of amides is 1. The third-order valence-electron chi connectivity index (χ3n) is 4.95. The molecular formula is C20H25N3O6S. The number of hydrogen-bond acceptors (Lipinski definition) is 9. The van der Waals surface area contributed by atoms with Crippen molar-refractivity contribution < 1.29 is 28.3 Å². The highest BCUT2D eigenvalue weighted by molar-refractivity contribution is 7.18. The topological polar surface area (TPSA) is 101 Å². The van der Waals surface area contributed by atoms with Gasteiger partial charge >= 0.3 is 11.9 Å². The lowest BCUT2D eigenvalue weighted by atomic mass is 10.1. The summed E-state index contributed by atoms with van der Waals surface area (Å²) in [6, 6.07) is 3.82. The number of carbonyl (C=O) groups is 3. The number of nitrogens with one attached hydrogen (secondary N) is 1. The molecule has 30 heavy (non-hydrogen) atoms. The number of piperazine rings is 1. The normalized spacial score (nSPS) is 15.0. The molecule has 0 saturated carbocycles. The third kappa shape index (κ3) is 5.07. The van der Waals surface area contributed by atoms with E-state index in [1.54, 1.807) is 13.2 Å². The Morgan fingerprint density at radius 2 is 1.77 bits per heavy atom. The van der Waals surface area contributed by atoms with Gasteiger partial charge in [-0.25, -0.2) is 9.59 Å². The largest absolute Gasteiger partial charge is 0.468 e. The maximum atomic E-state index is 12.6. The number of ether oxygens (including phenoxy) is 2. The average Bonchev–Trinajstić information content (AvgIpc) is 3.36. The SMILES string of the molecule is COC(=O)c1sc(NC(=O)CN2CCN(Cc3ccco3)CC2)c(C(=O)OC)c1C. The van der Waals surface area contributed by atoms with Crippen molar-refractivity contribution in [3.05, 3.63) is 40.2 Å². The lowest BCUT2D eigenvalue weighted by molar-refractivity contribution is -0.117. The number of hydrogen-bond donors (Lipinski definition) is 1. The number of anilines is 1. The van der Waals surface area contributed by atoms with Gasteiger partial charge in [0.05, 0.1) is 39.1 Å². The van der Waals surface area contributed by atoms with E-state index in [-0.39, 0.29) is 22.9 Å². The first-order valence-corrected chi connectivity index (χ1v) is 10.3. The smallest absolute Gasteiger partial charge is 0.348 e. The summed E-state index contributed by atoms with van der Waals surface area (Å²) < 4.78 is 15.0. The van der Waals surface area contributed by atoms with Crippen molar-refractivity contribution in [2.45, 2.75) is 13.5 Å². The van der Waals surface area contributed by atoms with Gasteiger partial charge in [-0.15, -0.1) is 11.3 Å². The molecule has 9 nitrogen and oxygen atoms in total. The molecular weight excluding hydrogens is 410 g/mol. The average molecular weight is 436 g/mol. The number of rotatable bonds is 7. The van der Waals surface area contributed by atoms with Crippen LogP contribution >= 0.6 is 11.3 Å². The van der Waals surface area contributed by atoms with E-state index in [1.807, 2.05) is 17.0 Å². The highest BCUT2D eigenvalue weighted by atomic mass is 32.1. The van der Waals surface area contributed by atoms with Gasteiger partial charge in [0.15, 0.2) is 0 Å². The second kappa shape index (κ2) is 9.88. The van der Waals surface area contributed by atoms with Crippen LogP contribution in [0.4, 0.5) is 5.00 Å². The van der Waals surface area contributed by atoms with Crippen molar-refractivity contribution in [1.82, 2.24) is 9.80 Å². The second-order valence-electron chi connectivity index (χ2n) is 6.92. The zero-order chi connectivity index (χ0) is 21.7. The fraction of sp³-hybridized carbons (Fsp3) is 0.450. The Morgan fingerprint density at radius 3 is 2.37 bits per heavy atom. The van der Waals surface area contributed by atoms with Crippen LogP contribution in [-0.4, -0.2) is 74.6 Å². The molecule has 1 fully saturated rings. The Bertz CT molecular complexity index is 900. The second-order valence-corrected chi connectivity index (χ2v) is 7.94. The number of furan rings is 1. The Kier molecular flexibility index (Phi) is 7.24. The summed E-state index contributed by atoms with van der Waals surface area (Å²) in [6.07, 6.45) is 1.66. The van der Waals surface area contributed by atoms with Crippen LogP contribution in [0.15, 0.2) is 22.8 Å². The molecule has 162 valence electrons. The quantitative estimate of drug-likeness (QED) is 0.659. The van der Waals surface area contributed by atoms with E-state index in [9.17, 15) is 14.4 Å². The van der Waals surface area contributed by atoms with E-state index in [4.69, 9.17) is 13.9 Å². The molecule has 1 amide bonds. The summed E-state index contributed by atoms with van der Waals surface area (Å²) in [5.41, 5.74) is 0.611. The van der Waals surface area contributed by atoms with Crippen molar-refractivity contribution in [1.29, 1.82) is 0 Å². The minimum atomic E-state index is -0.610. The zero-order valence-electron chi connectivity index (χ0n) is 17.2. The summed E-state index contributed by atoms with van der Waals surface area (Å²) in [7, 11) is 2.52. The molecule has 2 aromatic rings. The van der Waals surface area contributed by atoms with Crippen LogP contribution in [0.5, 0.6) is 0 Å². The first-order valence-electron chi connectivity index (χ1n) is 9.50. The van der Waals surface area contributed by atoms with Gasteiger partial charge in [0.25, 0.3) is 0 Å². The molecule has 1 saturated heterocycles. The highest BCUT2D eigenvalue weighted by Crippen LogP contribution is 2.34. The van der Waals surface area contributed by atoms with Gasteiger partial charge in [-0.2, -0.15) is 0 Å². The fourth-order valence-corrected chi connectivity index (χ4v) is 4.46. The Labute approximate surface area is 178 Å². The van der Waals surface area contributed by atoms with Gasteiger partial charge in [0.2, 0.25) is 5.91 Å². The van der Waals surface area contributed by atoms with E-state index >= 15 is 0 Å². The zero-order valence-corrected chi connectivity index (χ0v) is 18.0. The van der Waals surface area contributed by atoms with Crippen molar-refractivity contribution >= 4 is 34.2 Å². The third-order valence-corrected chi connectivity index (χ3v) is 6.14. The van der Waals surface area contributed by atoms with E-state index in [0.29, 0.717) is 10.6 Å². The minimum Gasteiger partial charge on any atom is -0.468 e. The molecule has 2 aromatic heterocycles. The number of methoxy groups -OCH3 is 2. The van der Waals surface area contributed by atoms with Gasteiger partial charge in [-0.3, -0.25) is 14.6 Å². The predicted octanol–water partition coefficient (Wildman–Crippen LogP) is 1.98. The molecule has 0 atom stereocenters. The molecule has 0 radical (unpaired) electrons. The van der Waals surface area contributed by atoms with E-state index in [0.717, 1.165) is 49.8 Å². The molecule has 0 spiro atoms. The lowest BCUT2D eigenvalue weighted by Crippen LogP contribution is -2.48. The summed E-state index contributed by atoms with van der Waals surface area (Å²) >= 11 is 1.01. The van der Waals surface area contributed by atoms with Gasteiger partial charge in [-0.05, 0) is 24.6 Å². The number of nitrogens with zero attached hydrogens (tertiary/aromatic N) is 2. The van der Waals surface area contributed by atoms with Gasteiger partial charge < -0.3 is 19.2 Å². The highest BCUT2D eigenvalue weighted by Gasteiger charge is 2.27. The molecule has 10 heteroatoms. The molecule has 1 aliphatic heterocycles. The van der Waals surface area contributed by atoms with Crippen molar-refractivity contribution in [2.24, 2.45) is 0 Å². The molecule has 0 unspecified atom stereocenters. The lowest BCUT2D eigenvalue weighted by Gasteiger charge is -2.33. The van der Waals surface area contributed by atoms with Crippen LogP contribution in [-0.2, 0) is 20.8 Å². The minimum absolute atomic E-state index is 0.180. The van der Waals surface area contributed by atoms with E-state index in [2.05, 4.69) is 10.2 Å². The maximum Gasteiger partial charge on any atom is 0.348 e. The number of esters is 2. The van der Waals surface area contributed by atoms with Gasteiger partial charge in [0, 0.05) is 26.2 Å². The van der Waals surface area contributed by atoms with Crippen LogP contribution in [0.2, 0.25) is 0 Å². The summed E-state index contributed by atoms with van der Waals surface area (Å²) in [5, 5.41) is 3.05. The van der Waals surface area contributed by atoms with Crippen molar-refractivity contribution in [3.63, 3.8) is 0 Å². The first-order chi connectivity index (χ1) is 14.4. The Balaban J connectivity index is 1.59. The van der Waals surface area contributed by atoms with Gasteiger partial charge in [0.1, 0.15) is 15.6 Å². The molecule has 1 aliphatic rings. The van der Waals surface area contributed by atoms with Crippen molar-refractivity contribution in [3.8, 4) is 0 Å². The Hall–Kier alpha value is -2.69. The van der Waals surface area contributed by atoms with Crippen LogP contribution in [0.25, 0.3) is 0 Å². The van der Waals surface area contributed by atoms with Crippen LogP contribution < -0.4 is 5.32 Å². The molecule has 0 aromatic carbocycles. The standard InChI is InChI=1S/C20H25N3O6S/c1-13-16(19(25)27-2)18(30-17(13)20(26)28-3)21-15(24)12-23-8-6-22(7-9-23)11-14-5-4-10-29-14/h4-5,10H,6-9,11-12H2,1-3H3,(H,21,24). The molecule has 3 heterocycles. The molecule has 0 aliphatic carbocycles. The monoisotopic (exact) mass is 435 g/mol. The van der Waals surface area contributed by atoms with E-state index in [1.165, 1.54) is 14.2 Å². The first kappa shape index (κ1) is 22.0. The van der Waals surface area contributed by atoms with Gasteiger partial charge in [-0.1, -0.05) is 0 Å². The summed E-state index contributed by atoms with van der Waals surface area (Å²) in [6.45, 7) is 5.71. The van der Waals surface area contributed by atoms with Crippen molar-refractivity contribution in [2.75, 3.05) is 52.3 Å². The van der Waals surface area contributed by atoms with Crippen LogP contribution in [0.3, 0.4) is 0 Å². The molecule has 3 rings (SSSR count). The van der Waals surface area contributed by atoms with E-state index < -0.39 is 11.9 Å². The Morgan fingerprint density at radius 1 is 1.10 bits per heavy atom. The number of thiophene rings is 1. The molecule has 1 N–H and O–H groups in total. The maximum absolute atomic E-state index is 12.6. The fourth-order valence-electron chi connectivity index (χ4n) is 3.33. The van der Waals surface area contributed by atoms with Crippen LogP contribution in [0, 0.1) is 6.92 Å².